The van der Waals surface area contributed by atoms with Crippen LogP contribution < -0.4 is 16.6 Å². The van der Waals surface area contributed by atoms with Gasteiger partial charge in [-0.25, -0.2) is 15.0 Å². The second-order valence-corrected chi connectivity index (χ2v) is 5.18. The van der Waals surface area contributed by atoms with Crippen molar-refractivity contribution in [2.45, 2.75) is 30.5 Å². The molecule has 0 atom stereocenters. The Morgan fingerprint density at radius 2 is 2.15 bits per heavy atom. The second kappa shape index (κ2) is 6.38. The molecule has 0 radical (unpaired) electrons. The summed E-state index contributed by atoms with van der Waals surface area (Å²) in [5.74, 6) is 0.756. The fourth-order valence-corrected chi connectivity index (χ4v) is 2.37. The Kier molecular flexibility index (Phi) is 4.57. The molecule has 2 heterocycles. The van der Waals surface area contributed by atoms with E-state index in [1.807, 2.05) is 13.0 Å². The monoisotopic (exact) mass is 292 g/mol. The highest BCUT2D eigenvalue weighted by molar-refractivity contribution is 7.99. The van der Waals surface area contributed by atoms with E-state index in [1.54, 1.807) is 0 Å². The van der Waals surface area contributed by atoms with Crippen LogP contribution in [-0.4, -0.2) is 26.5 Å². The number of aromatic nitrogens is 4. The highest BCUT2D eigenvalue weighted by Crippen LogP contribution is 2.23. The first kappa shape index (κ1) is 14.3. The molecule has 106 valence electrons. The number of nitrogens with zero attached hydrogens (tertiary/aromatic N) is 3. The predicted octanol–water partition coefficient (Wildman–Crippen LogP) is 1.42. The van der Waals surface area contributed by atoms with E-state index in [2.05, 4.69) is 32.2 Å². The van der Waals surface area contributed by atoms with Gasteiger partial charge in [-0.3, -0.25) is 4.79 Å². The standard InChI is InChI=1S/C12H16N6OS/c1-3-4-14-11-15-7(2)5-10(18-11)20-12-16-8(13)6-9(19)17-12/h5-6H,3-4H2,1-2H3,(H,14,15,18)(H3,13,16,17,19). The number of aromatic amines is 1. The first-order valence-electron chi connectivity index (χ1n) is 6.21. The average molecular weight is 292 g/mol. The molecule has 0 aliphatic heterocycles. The molecule has 0 saturated carbocycles. The van der Waals surface area contributed by atoms with Crippen LogP contribution in [0.5, 0.6) is 0 Å². The van der Waals surface area contributed by atoms with Gasteiger partial charge in [-0.1, -0.05) is 6.92 Å². The minimum absolute atomic E-state index is 0.186. The van der Waals surface area contributed by atoms with Gasteiger partial charge in [-0.15, -0.1) is 0 Å². The third-order valence-electron chi connectivity index (χ3n) is 2.30. The number of hydrogen-bond donors (Lipinski definition) is 3. The molecule has 0 spiro atoms. The normalized spacial score (nSPS) is 10.5. The lowest BCUT2D eigenvalue weighted by Gasteiger charge is -2.06. The Morgan fingerprint density at radius 3 is 2.85 bits per heavy atom. The van der Waals surface area contributed by atoms with E-state index in [9.17, 15) is 4.79 Å². The summed E-state index contributed by atoms with van der Waals surface area (Å²) >= 11 is 1.24. The minimum Gasteiger partial charge on any atom is -0.383 e. The minimum atomic E-state index is -0.282. The number of nitrogens with two attached hydrogens (primary N) is 1. The van der Waals surface area contributed by atoms with Crippen LogP contribution in [0.3, 0.4) is 0 Å². The van der Waals surface area contributed by atoms with E-state index < -0.39 is 0 Å². The quantitative estimate of drug-likeness (QED) is 0.564. The van der Waals surface area contributed by atoms with Gasteiger partial charge in [0.2, 0.25) is 5.95 Å². The highest BCUT2D eigenvalue weighted by Gasteiger charge is 2.06. The molecule has 0 aromatic carbocycles. The van der Waals surface area contributed by atoms with Gasteiger partial charge in [-0.2, -0.15) is 0 Å². The molecule has 2 aromatic heterocycles. The lowest BCUT2D eigenvalue weighted by Crippen LogP contribution is -2.09. The van der Waals surface area contributed by atoms with Crippen LogP contribution in [0.1, 0.15) is 19.0 Å². The van der Waals surface area contributed by atoms with E-state index in [1.165, 1.54) is 17.8 Å². The van der Waals surface area contributed by atoms with Crippen LogP contribution in [0, 0.1) is 6.92 Å². The molecule has 4 N–H and O–H groups in total. The topological polar surface area (TPSA) is 110 Å². The van der Waals surface area contributed by atoms with Crippen LogP contribution in [-0.2, 0) is 0 Å². The zero-order valence-corrected chi connectivity index (χ0v) is 12.1. The Bertz CT molecular complexity index is 657. The molecule has 8 heteroatoms. The lowest BCUT2D eigenvalue weighted by molar-refractivity contribution is 0.914. The molecule has 0 saturated heterocycles. The smallest absolute Gasteiger partial charge is 0.253 e. The third-order valence-corrected chi connectivity index (χ3v) is 3.11. The van der Waals surface area contributed by atoms with Gasteiger partial charge in [-0.05, 0) is 31.2 Å². The number of aryl methyl sites for hydroxylation is 1. The van der Waals surface area contributed by atoms with Gasteiger partial charge in [0, 0.05) is 18.3 Å². The predicted molar refractivity (Wildman–Crippen MR) is 78.9 cm³/mol. The van der Waals surface area contributed by atoms with E-state index in [0.29, 0.717) is 16.1 Å². The summed E-state index contributed by atoms with van der Waals surface area (Å²) in [4.78, 5) is 26.7. The summed E-state index contributed by atoms with van der Waals surface area (Å²) < 4.78 is 0. The number of nitrogen functional groups attached to an aromatic ring is 1. The third kappa shape index (κ3) is 3.95. The molecule has 0 fully saturated rings. The average Bonchev–Trinajstić information content (AvgIpc) is 2.34. The fraction of sp³-hybridized carbons (Fsp3) is 0.333. The van der Waals surface area contributed by atoms with Crippen molar-refractivity contribution in [3.05, 3.63) is 28.2 Å². The van der Waals surface area contributed by atoms with Gasteiger partial charge in [0.1, 0.15) is 10.8 Å². The van der Waals surface area contributed by atoms with Crippen molar-refractivity contribution >= 4 is 23.5 Å². The van der Waals surface area contributed by atoms with E-state index in [4.69, 9.17) is 5.73 Å². The highest BCUT2D eigenvalue weighted by atomic mass is 32.2. The lowest BCUT2D eigenvalue weighted by atomic mass is 10.4. The van der Waals surface area contributed by atoms with E-state index >= 15 is 0 Å². The number of anilines is 2. The van der Waals surface area contributed by atoms with E-state index in [0.717, 1.165) is 18.7 Å². The van der Waals surface area contributed by atoms with Crippen LogP contribution in [0.25, 0.3) is 0 Å². The molecule has 0 aliphatic rings. The molecule has 2 aromatic rings. The van der Waals surface area contributed by atoms with Crippen molar-refractivity contribution in [3.63, 3.8) is 0 Å². The summed E-state index contributed by atoms with van der Waals surface area (Å²) in [7, 11) is 0. The molecule has 0 unspecified atom stereocenters. The summed E-state index contributed by atoms with van der Waals surface area (Å²) in [5, 5.41) is 4.24. The number of hydrogen-bond acceptors (Lipinski definition) is 7. The van der Waals surface area contributed by atoms with Crippen molar-refractivity contribution in [1.82, 2.24) is 19.9 Å². The van der Waals surface area contributed by atoms with Gasteiger partial charge in [0.15, 0.2) is 5.16 Å². The maximum atomic E-state index is 11.3. The Hall–Kier alpha value is -2.09. The Morgan fingerprint density at radius 1 is 1.35 bits per heavy atom. The van der Waals surface area contributed by atoms with Crippen LogP contribution in [0.4, 0.5) is 11.8 Å². The first-order valence-corrected chi connectivity index (χ1v) is 7.02. The molecule has 0 amide bonds. The maximum absolute atomic E-state index is 11.3. The number of H-pyrrole nitrogens is 1. The molecule has 2 rings (SSSR count). The second-order valence-electron chi connectivity index (χ2n) is 4.18. The van der Waals surface area contributed by atoms with E-state index in [-0.39, 0.29) is 11.4 Å². The largest absolute Gasteiger partial charge is 0.383 e. The van der Waals surface area contributed by atoms with Crippen molar-refractivity contribution in [1.29, 1.82) is 0 Å². The van der Waals surface area contributed by atoms with Crippen LogP contribution in [0.2, 0.25) is 0 Å². The number of rotatable bonds is 5. The van der Waals surface area contributed by atoms with Gasteiger partial charge in [0.05, 0.1) is 0 Å². The molecule has 0 aliphatic carbocycles. The Balaban J connectivity index is 2.23. The fourth-order valence-electron chi connectivity index (χ4n) is 1.51. The van der Waals surface area contributed by atoms with Crippen molar-refractivity contribution < 1.29 is 0 Å². The van der Waals surface area contributed by atoms with Crippen molar-refractivity contribution in [2.75, 3.05) is 17.6 Å². The molecule has 20 heavy (non-hydrogen) atoms. The summed E-state index contributed by atoms with van der Waals surface area (Å²) in [5.41, 5.74) is 6.11. The Labute approximate surface area is 120 Å². The van der Waals surface area contributed by atoms with Crippen LogP contribution >= 0.6 is 11.8 Å². The summed E-state index contributed by atoms with van der Waals surface area (Å²) in [6.07, 6.45) is 0.990. The molecular weight excluding hydrogens is 276 g/mol. The molecule has 0 bridgehead atoms. The number of nitrogens with one attached hydrogen (secondary N) is 2. The molecule has 7 nitrogen and oxygen atoms in total. The first-order chi connectivity index (χ1) is 9.56. The summed E-state index contributed by atoms with van der Waals surface area (Å²) in [6, 6.07) is 3.06. The van der Waals surface area contributed by atoms with Crippen molar-refractivity contribution in [2.24, 2.45) is 0 Å². The van der Waals surface area contributed by atoms with Crippen molar-refractivity contribution in [3.8, 4) is 0 Å². The molecular formula is C12H16N6OS. The summed E-state index contributed by atoms with van der Waals surface area (Å²) in [6.45, 7) is 4.76. The zero-order chi connectivity index (χ0) is 14.5. The van der Waals surface area contributed by atoms with Crippen LogP contribution in [0.15, 0.2) is 27.1 Å². The maximum Gasteiger partial charge on any atom is 0.253 e. The van der Waals surface area contributed by atoms with Gasteiger partial charge < -0.3 is 16.0 Å². The SMILES string of the molecule is CCCNc1nc(C)cc(Sc2nc(N)cc(=O)[nH]2)n1. The van der Waals surface area contributed by atoms with Gasteiger partial charge >= 0.3 is 0 Å². The zero-order valence-electron chi connectivity index (χ0n) is 11.3. The van der Waals surface area contributed by atoms with Gasteiger partial charge in [0.25, 0.3) is 5.56 Å².